The first-order chi connectivity index (χ1) is 15.6. The number of carbonyl (C=O) groups excluding carboxylic acids is 1. The molecule has 0 fully saturated rings. The lowest BCUT2D eigenvalue weighted by Gasteiger charge is -2.29. The van der Waals surface area contributed by atoms with Gasteiger partial charge in [0.05, 0.1) is 0 Å². The average Bonchev–Trinajstić information content (AvgIpc) is 2.86. The second-order valence-corrected chi connectivity index (χ2v) is 11.4. The Morgan fingerprint density at radius 3 is 1.24 bits per heavy atom. The highest BCUT2D eigenvalue weighted by Gasteiger charge is 2.52. The van der Waals surface area contributed by atoms with Crippen LogP contribution in [0.1, 0.15) is 10.4 Å². The number of halogens is 3. The smallest absolute Gasteiger partial charge is 0.258 e. The molecule has 166 valence electrons. The van der Waals surface area contributed by atoms with Crippen LogP contribution in [0.2, 0.25) is 0 Å². The van der Waals surface area contributed by atoms with Crippen LogP contribution in [-0.2, 0) is 0 Å². The quantitative estimate of drug-likeness (QED) is 0.267. The van der Waals surface area contributed by atoms with Gasteiger partial charge in [-0.2, -0.15) is 0 Å². The van der Waals surface area contributed by atoms with Crippen molar-refractivity contribution >= 4 is 52.3 Å². The zero-order valence-electron chi connectivity index (χ0n) is 17.5. The maximum absolute atomic E-state index is 13.3. The summed E-state index contributed by atoms with van der Waals surface area (Å²) in [5.41, 5.74) is 1.05. The van der Waals surface area contributed by atoms with Crippen molar-refractivity contribution < 1.29 is 28.8 Å². The third-order valence-corrected chi connectivity index (χ3v) is 10.1. The molecule has 0 atom stereocenters. The Kier molecular flexibility index (Phi) is 9.10. The van der Waals surface area contributed by atoms with Crippen molar-refractivity contribution in [1.29, 1.82) is 0 Å². The van der Waals surface area contributed by atoms with Crippen LogP contribution in [-0.4, -0.2) is 5.91 Å². The molecule has 4 aromatic rings. The van der Waals surface area contributed by atoms with Crippen LogP contribution in [0.15, 0.2) is 131 Å². The van der Waals surface area contributed by atoms with Crippen molar-refractivity contribution in [2.45, 2.75) is 0 Å². The topological polar surface area (TPSA) is 29.1 Å². The number of benzene rings is 4. The molecular formula is C27H21Cl2INOP. The molecule has 4 rings (SSSR count). The third kappa shape index (κ3) is 5.33. The standard InChI is InChI=1S/C27H20Cl2NOP.HI/c28-25(29)27(30-26(31)21-13-5-1-6-14-21)32(22-15-7-2-8-16-22,23-17-9-3-10-18-23)24-19-11-4-12-20-24;/h1-20H;1H. The lowest BCUT2D eigenvalue weighted by atomic mass is 10.2. The van der Waals surface area contributed by atoms with Crippen LogP contribution >= 0.6 is 30.5 Å². The predicted molar refractivity (Wildman–Crippen MR) is 138 cm³/mol. The summed E-state index contributed by atoms with van der Waals surface area (Å²) in [5, 5.41) is 6.22. The van der Waals surface area contributed by atoms with Gasteiger partial charge in [-0.15, -0.1) is 0 Å². The Morgan fingerprint density at radius 1 is 0.576 bits per heavy atom. The average molecular weight is 604 g/mol. The number of nitrogens with one attached hydrogen (secondary N) is 1. The summed E-state index contributed by atoms with van der Waals surface area (Å²) >= 11 is 13.1. The summed E-state index contributed by atoms with van der Waals surface area (Å²) in [6.07, 6.45) is 0. The van der Waals surface area contributed by atoms with Gasteiger partial charge < -0.3 is 24.0 Å². The zero-order chi connectivity index (χ0) is 22.4. The molecule has 6 heteroatoms. The molecule has 0 saturated carbocycles. The summed E-state index contributed by atoms with van der Waals surface area (Å²) in [6.45, 7) is 0. The van der Waals surface area contributed by atoms with Crippen molar-refractivity contribution in [3.63, 3.8) is 0 Å². The van der Waals surface area contributed by atoms with Crippen LogP contribution in [0, 0.1) is 0 Å². The van der Waals surface area contributed by atoms with E-state index in [2.05, 4.69) is 41.7 Å². The molecule has 2 nitrogen and oxygen atoms in total. The Balaban J connectivity index is 0.00000306. The first kappa shape index (κ1) is 25.5. The first-order valence-electron chi connectivity index (χ1n) is 10.1. The molecule has 0 aromatic heterocycles. The van der Waals surface area contributed by atoms with E-state index < -0.39 is 7.26 Å². The van der Waals surface area contributed by atoms with Gasteiger partial charge in [-0.1, -0.05) is 96.0 Å². The molecule has 0 saturated heterocycles. The third-order valence-electron chi connectivity index (χ3n) is 5.21. The SMILES string of the molecule is O=C(NC(=C(Cl)Cl)[P+](c1ccccc1)(c1ccccc1)c1ccccc1)c1ccccc1.[I-]. The van der Waals surface area contributed by atoms with Gasteiger partial charge in [0.2, 0.25) is 5.44 Å². The second kappa shape index (κ2) is 11.8. The van der Waals surface area contributed by atoms with Crippen molar-refractivity contribution in [2.24, 2.45) is 0 Å². The molecule has 0 bridgehead atoms. The van der Waals surface area contributed by atoms with E-state index in [4.69, 9.17) is 23.2 Å². The summed E-state index contributed by atoms with van der Waals surface area (Å²) in [7, 11) is -2.61. The van der Waals surface area contributed by atoms with Crippen molar-refractivity contribution in [3.8, 4) is 0 Å². The monoisotopic (exact) mass is 603 g/mol. The lowest BCUT2D eigenvalue weighted by molar-refractivity contribution is -0.0000143. The maximum atomic E-state index is 13.3. The minimum Gasteiger partial charge on any atom is -1.00 e. The van der Waals surface area contributed by atoms with E-state index in [9.17, 15) is 4.79 Å². The largest absolute Gasteiger partial charge is 1.00 e. The van der Waals surface area contributed by atoms with Crippen LogP contribution in [0.3, 0.4) is 0 Å². The molecule has 0 radical (unpaired) electrons. The minimum absolute atomic E-state index is 0. The van der Waals surface area contributed by atoms with Gasteiger partial charge in [0.25, 0.3) is 5.91 Å². The van der Waals surface area contributed by atoms with E-state index >= 15 is 0 Å². The van der Waals surface area contributed by atoms with E-state index in [1.807, 2.05) is 72.8 Å². The summed E-state index contributed by atoms with van der Waals surface area (Å²) in [4.78, 5) is 13.3. The highest BCUT2D eigenvalue weighted by molar-refractivity contribution is 7.99. The molecule has 0 aliphatic carbocycles. The molecule has 0 aliphatic rings. The van der Waals surface area contributed by atoms with Crippen LogP contribution in [0.5, 0.6) is 0 Å². The van der Waals surface area contributed by atoms with Crippen LogP contribution < -0.4 is 45.2 Å². The highest BCUT2D eigenvalue weighted by Crippen LogP contribution is 2.63. The Labute approximate surface area is 222 Å². The van der Waals surface area contributed by atoms with E-state index in [-0.39, 0.29) is 34.4 Å². The second-order valence-electron chi connectivity index (χ2n) is 7.11. The molecular weight excluding hydrogens is 583 g/mol. The number of amides is 1. The van der Waals surface area contributed by atoms with Gasteiger partial charge in [-0.25, -0.2) is 0 Å². The van der Waals surface area contributed by atoms with Crippen LogP contribution in [0.25, 0.3) is 0 Å². The molecule has 4 aromatic carbocycles. The van der Waals surface area contributed by atoms with Gasteiger partial charge in [-0.05, 0) is 48.5 Å². The number of hydrogen-bond acceptors (Lipinski definition) is 1. The van der Waals surface area contributed by atoms with Gasteiger partial charge >= 0.3 is 0 Å². The molecule has 0 heterocycles. The fourth-order valence-electron chi connectivity index (χ4n) is 3.82. The maximum Gasteiger partial charge on any atom is 0.258 e. The van der Waals surface area contributed by atoms with E-state index in [1.165, 1.54) is 0 Å². The van der Waals surface area contributed by atoms with E-state index in [1.54, 1.807) is 12.1 Å². The molecule has 0 aliphatic heterocycles. The number of carbonyl (C=O) groups is 1. The highest BCUT2D eigenvalue weighted by atomic mass is 127. The predicted octanol–water partition coefficient (Wildman–Crippen LogP) is 3.02. The first-order valence-corrected chi connectivity index (χ1v) is 12.7. The van der Waals surface area contributed by atoms with Gasteiger partial charge in [0.15, 0.2) is 11.8 Å². The van der Waals surface area contributed by atoms with Crippen molar-refractivity contribution in [1.82, 2.24) is 5.32 Å². The molecule has 0 unspecified atom stereocenters. The fourth-order valence-corrected chi connectivity index (χ4v) is 8.72. The Bertz CT molecular complexity index is 1120. The van der Waals surface area contributed by atoms with E-state index in [0.29, 0.717) is 11.0 Å². The van der Waals surface area contributed by atoms with Gasteiger partial charge in [0.1, 0.15) is 15.9 Å². The Morgan fingerprint density at radius 2 is 0.909 bits per heavy atom. The summed E-state index contributed by atoms with van der Waals surface area (Å²) in [5.74, 6) is -0.258. The van der Waals surface area contributed by atoms with Gasteiger partial charge in [-0.3, -0.25) is 10.1 Å². The summed E-state index contributed by atoms with van der Waals surface area (Å²) < 4.78 is 0.0409. The minimum atomic E-state index is -2.61. The van der Waals surface area contributed by atoms with E-state index in [0.717, 1.165) is 15.9 Å². The van der Waals surface area contributed by atoms with Crippen molar-refractivity contribution in [2.75, 3.05) is 0 Å². The van der Waals surface area contributed by atoms with Gasteiger partial charge in [0, 0.05) is 5.56 Å². The van der Waals surface area contributed by atoms with Crippen molar-refractivity contribution in [3.05, 3.63) is 137 Å². The molecule has 1 amide bonds. The Hall–Kier alpha value is -2.17. The molecule has 1 N–H and O–H groups in total. The fraction of sp³-hybridized carbons (Fsp3) is 0. The van der Waals surface area contributed by atoms with Crippen LogP contribution in [0.4, 0.5) is 0 Å². The number of rotatable bonds is 6. The molecule has 33 heavy (non-hydrogen) atoms. The number of hydrogen-bond donors (Lipinski definition) is 1. The molecule has 0 spiro atoms. The normalized spacial score (nSPS) is 10.6. The summed E-state index contributed by atoms with van der Waals surface area (Å²) in [6, 6.07) is 39.4. The zero-order valence-corrected chi connectivity index (χ0v) is 22.1. The lowest BCUT2D eigenvalue weighted by Crippen LogP contribution is -3.00.